The van der Waals surface area contributed by atoms with E-state index >= 15 is 0 Å². The van der Waals surface area contributed by atoms with Gasteiger partial charge in [-0.1, -0.05) is 24.3 Å². The highest BCUT2D eigenvalue weighted by Gasteiger charge is 2.17. The molecule has 172 valence electrons. The minimum absolute atomic E-state index is 0.0873. The lowest BCUT2D eigenvalue weighted by Crippen LogP contribution is -2.42. The van der Waals surface area contributed by atoms with Crippen molar-refractivity contribution in [2.45, 2.75) is 13.5 Å². The fourth-order valence-corrected chi connectivity index (χ4v) is 3.76. The number of nitrogens with zero attached hydrogens (tertiary/aromatic N) is 1. The second kappa shape index (κ2) is 11.8. The summed E-state index contributed by atoms with van der Waals surface area (Å²) in [7, 11) is 1.62. The zero-order valence-electron chi connectivity index (χ0n) is 18.6. The van der Waals surface area contributed by atoms with Crippen LogP contribution in [0.3, 0.4) is 0 Å². The SMILES string of the molecule is CCN(CC(=O)NCc1cccs1)C(=O)COC(=O)/C=C/c1ccc2cc(OC)ccc2c1. The molecule has 2 amide bonds. The molecule has 0 fully saturated rings. The van der Waals surface area contributed by atoms with E-state index in [1.807, 2.05) is 53.9 Å². The smallest absolute Gasteiger partial charge is 0.331 e. The van der Waals surface area contributed by atoms with Crippen LogP contribution in [0.2, 0.25) is 0 Å². The first-order chi connectivity index (χ1) is 16.0. The molecule has 0 bridgehead atoms. The van der Waals surface area contributed by atoms with Crippen LogP contribution in [0.25, 0.3) is 16.8 Å². The van der Waals surface area contributed by atoms with Crippen LogP contribution in [0.15, 0.2) is 60.0 Å². The molecule has 3 rings (SSSR count). The van der Waals surface area contributed by atoms with E-state index in [4.69, 9.17) is 9.47 Å². The monoisotopic (exact) mass is 466 g/mol. The largest absolute Gasteiger partial charge is 0.497 e. The van der Waals surface area contributed by atoms with Crippen molar-refractivity contribution in [3.63, 3.8) is 0 Å². The maximum absolute atomic E-state index is 12.4. The lowest BCUT2D eigenvalue weighted by molar-refractivity contribution is -0.148. The maximum atomic E-state index is 12.4. The van der Waals surface area contributed by atoms with Gasteiger partial charge < -0.3 is 19.7 Å². The molecule has 3 aromatic rings. The molecule has 0 unspecified atom stereocenters. The quantitative estimate of drug-likeness (QED) is 0.364. The van der Waals surface area contributed by atoms with E-state index in [9.17, 15) is 14.4 Å². The van der Waals surface area contributed by atoms with Crippen molar-refractivity contribution in [3.8, 4) is 5.75 Å². The number of carbonyl (C=O) groups is 3. The van der Waals surface area contributed by atoms with Gasteiger partial charge in [0.05, 0.1) is 20.2 Å². The van der Waals surface area contributed by atoms with Gasteiger partial charge in [-0.3, -0.25) is 9.59 Å². The van der Waals surface area contributed by atoms with Crippen molar-refractivity contribution < 1.29 is 23.9 Å². The number of rotatable bonds is 10. The third-order valence-electron chi connectivity index (χ3n) is 4.93. The van der Waals surface area contributed by atoms with Gasteiger partial charge in [0.2, 0.25) is 5.91 Å². The van der Waals surface area contributed by atoms with Crippen LogP contribution in [0.4, 0.5) is 0 Å². The van der Waals surface area contributed by atoms with Crippen molar-refractivity contribution in [2.24, 2.45) is 0 Å². The van der Waals surface area contributed by atoms with Crippen LogP contribution in [-0.2, 0) is 25.7 Å². The van der Waals surface area contributed by atoms with Crippen LogP contribution >= 0.6 is 11.3 Å². The van der Waals surface area contributed by atoms with E-state index in [0.717, 1.165) is 27.0 Å². The summed E-state index contributed by atoms with van der Waals surface area (Å²) in [5.74, 6) is -0.541. The summed E-state index contributed by atoms with van der Waals surface area (Å²) in [6.07, 6.45) is 2.91. The van der Waals surface area contributed by atoms with E-state index in [-0.39, 0.29) is 12.5 Å². The molecular weight excluding hydrogens is 440 g/mol. The van der Waals surface area contributed by atoms with Gasteiger partial charge >= 0.3 is 5.97 Å². The highest BCUT2D eigenvalue weighted by atomic mass is 32.1. The number of carbonyl (C=O) groups excluding carboxylic acids is 3. The molecule has 0 aliphatic carbocycles. The second-order valence-electron chi connectivity index (χ2n) is 7.18. The zero-order chi connectivity index (χ0) is 23.6. The summed E-state index contributed by atoms with van der Waals surface area (Å²) in [6, 6.07) is 15.3. The molecule has 0 radical (unpaired) electrons. The topological polar surface area (TPSA) is 84.9 Å². The fraction of sp³-hybridized carbons (Fsp3) is 0.240. The Balaban J connectivity index is 1.47. The standard InChI is InChI=1S/C25H26N2O5S/c1-3-27(16-23(28)26-15-22-5-4-12-33-22)24(29)17-32-25(30)11-7-18-6-8-20-14-21(31-2)10-9-19(20)13-18/h4-14H,3,15-17H2,1-2H3,(H,26,28)/b11-7+. The molecule has 0 saturated carbocycles. The van der Waals surface area contributed by atoms with Gasteiger partial charge in [-0.15, -0.1) is 11.3 Å². The number of hydrogen-bond donors (Lipinski definition) is 1. The molecule has 0 spiro atoms. The Bertz CT molecular complexity index is 1140. The molecule has 33 heavy (non-hydrogen) atoms. The third-order valence-corrected chi connectivity index (χ3v) is 5.81. The summed E-state index contributed by atoms with van der Waals surface area (Å²) < 4.78 is 10.3. The number of nitrogens with one attached hydrogen (secondary N) is 1. The highest BCUT2D eigenvalue weighted by Crippen LogP contribution is 2.22. The molecule has 7 nitrogen and oxygen atoms in total. The lowest BCUT2D eigenvalue weighted by atomic mass is 10.1. The maximum Gasteiger partial charge on any atom is 0.331 e. The molecule has 1 N–H and O–H groups in total. The number of fused-ring (bicyclic) bond motifs is 1. The lowest BCUT2D eigenvalue weighted by Gasteiger charge is -2.20. The predicted molar refractivity (Wildman–Crippen MR) is 129 cm³/mol. The summed E-state index contributed by atoms with van der Waals surface area (Å²) in [6.45, 7) is 2.01. The normalized spacial score (nSPS) is 10.8. The van der Waals surface area contributed by atoms with E-state index in [1.165, 1.54) is 11.0 Å². The van der Waals surface area contributed by atoms with E-state index < -0.39 is 18.5 Å². The Hall–Kier alpha value is -3.65. The number of methoxy groups -OCH3 is 1. The first-order valence-electron chi connectivity index (χ1n) is 10.5. The first-order valence-corrected chi connectivity index (χ1v) is 11.4. The Morgan fingerprint density at radius 3 is 2.61 bits per heavy atom. The molecule has 0 aliphatic rings. The van der Waals surface area contributed by atoms with Gasteiger partial charge in [-0.2, -0.15) is 0 Å². The highest BCUT2D eigenvalue weighted by molar-refractivity contribution is 7.09. The van der Waals surface area contributed by atoms with Gasteiger partial charge in [0.25, 0.3) is 5.91 Å². The molecule has 8 heteroatoms. The molecule has 2 aromatic carbocycles. The predicted octanol–water partition coefficient (Wildman–Crippen LogP) is 3.63. The molecule has 0 aliphatic heterocycles. The number of amides is 2. The van der Waals surface area contributed by atoms with E-state index in [0.29, 0.717) is 13.1 Å². The van der Waals surface area contributed by atoms with E-state index in [1.54, 1.807) is 31.4 Å². The van der Waals surface area contributed by atoms with Crippen LogP contribution in [0, 0.1) is 0 Å². The minimum Gasteiger partial charge on any atom is -0.497 e. The molecule has 1 aromatic heterocycles. The first kappa shape index (κ1) is 24.0. The van der Waals surface area contributed by atoms with Crippen LogP contribution in [0.5, 0.6) is 5.75 Å². The third kappa shape index (κ3) is 7.18. The second-order valence-corrected chi connectivity index (χ2v) is 8.21. The van der Waals surface area contributed by atoms with Crippen LogP contribution in [-0.4, -0.2) is 49.5 Å². The average molecular weight is 467 g/mol. The summed E-state index contributed by atoms with van der Waals surface area (Å²) in [5, 5.41) is 6.75. The van der Waals surface area contributed by atoms with Gasteiger partial charge in [-0.25, -0.2) is 4.79 Å². The van der Waals surface area contributed by atoms with Crippen LogP contribution < -0.4 is 10.1 Å². The molecule has 0 atom stereocenters. The number of benzene rings is 2. The van der Waals surface area contributed by atoms with Crippen molar-refractivity contribution in [1.82, 2.24) is 10.2 Å². The Labute approximate surface area is 196 Å². The summed E-state index contributed by atoms with van der Waals surface area (Å²) in [4.78, 5) is 38.9. The number of likely N-dealkylation sites (N-methyl/N-ethyl adjacent to an activating group) is 1. The zero-order valence-corrected chi connectivity index (χ0v) is 19.4. The fourth-order valence-electron chi connectivity index (χ4n) is 3.11. The molecule has 1 heterocycles. The van der Waals surface area contributed by atoms with Gasteiger partial charge in [-0.05, 0) is 59.0 Å². The Morgan fingerprint density at radius 2 is 1.88 bits per heavy atom. The summed E-state index contributed by atoms with van der Waals surface area (Å²) in [5.41, 5.74) is 0.827. The average Bonchev–Trinajstić information content (AvgIpc) is 3.36. The van der Waals surface area contributed by atoms with Crippen molar-refractivity contribution in [3.05, 3.63) is 70.4 Å². The van der Waals surface area contributed by atoms with Crippen molar-refractivity contribution in [2.75, 3.05) is 26.8 Å². The molecule has 0 saturated heterocycles. The van der Waals surface area contributed by atoms with Crippen molar-refractivity contribution >= 4 is 46.0 Å². The number of thiophene rings is 1. The van der Waals surface area contributed by atoms with Gasteiger partial charge in [0.15, 0.2) is 6.61 Å². The van der Waals surface area contributed by atoms with Crippen LogP contribution in [0.1, 0.15) is 17.4 Å². The molecular formula is C25H26N2O5S. The number of hydrogen-bond acceptors (Lipinski definition) is 6. The minimum atomic E-state index is -0.628. The number of esters is 1. The Kier molecular flexibility index (Phi) is 8.60. The van der Waals surface area contributed by atoms with E-state index in [2.05, 4.69) is 5.32 Å². The van der Waals surface area contributed by atoms with Crippen molar-refractivity contribution in [1.29, 1.82) is 0 Å². The number of ether oxygens (including phenoxy) is 2. The summed E-state index contributed by atoms with van der Waals surface area (Å²) >= 11 is 1.55. The van der Waals surface area contributed by atoms with Gasteiger partial charge in [0, 0.05) is 17.5 Å². The Morgan fingerprint density at radius 1 is 1.09 bits per heavy atom. The van der Waals surface area contributed by atoms with Gasteiger partial charge in [0.1, 0.15) is 5.75 Å².